The maximum absolute atomic E-state index is 12.5. The summed E-state index contributed by atoms with van der Waals surface area (Å²) < 4.78 is 27.6. The second-order valence-electron chi connectivity index (χ2n) is 6.99. The second-order valence-corrected chi connectivity index (χ2v) is 9.33. The molecule has 0 fully saturated rings. The molecule has 0 bridgehead atoms. The summed E-state index contributed by atoms with van der Waals surface area (Å²) in [5, 5.41) is 3.28. The summed E-state index contributed by atoms with van der Waals surface area (Å²) in [7, 11) is -3.65. The van der Waals surface area contributed by atoms with E-state index >= 15 is 0 Å². The molecule has 1 N–H and O–H groups in total. The average molecular weight is 447 g/mol. The monoisotopic (exact) mass is 446 g/mol. The lowest BCUT2D eigenvalue weighted by molar-refractivity contribution is -0.119. The minimum Gasteiger partial charge on any atom is -0.350 e. The Bertz CT molecular complexity index is 1160. The van der Waals surface area contributed by atoms with Crippen molar-refractivity contribution in [3.05, 3.63) is 76.8 Å². The first kappa shape index (κ1) is 21.9. The van der Waals surface area contributed by atoms with Crippen LogP contribution in [0.15, 0.2) is 54.9 Å². The summed E-state index contributed by atoms with van der Waals surface area (Å²) in [6, 6.07) is 12.6. The standard InChI is InChI=1S/C21H23ClN4O3S/c1-15-12-18(22)6-9-20(15)26(30(3,28)29)14-21(27)24-13-17-4-7-19(8-5-17)25-11-10-23-16(25)2/h4-12H,13-14H2,1-3H3,(H,24,27). The molecule has 9 heteroatoms. The van der Waals surface area contributed by atoms with Crippen LogP contribution in [0.25, 0.3) is 5.69 Å². The number of imidazole rings is 1. The molecule has 3 aromatic rings. The van der Waals surface area contributed by atoms with Gasteiger partial charge in [0.25, 0.3) is 0 Å². The number of nitrogens with zero attached hydrogens (tertiary/aromatic N) is 3. The highest BCUT2D eigenvalue weighted by molar-refractivity contribution is 7.92. The highest BCUT2D eigenvalue weighted by Gasteiger charge is 2.22. The smallest absolute Gasteiger partial charge is 0.241 e. The average Bonchev–Trinajstić information content (AvgIpc) is 3.10. The van der Waals surface area contributed by atoms with Crippen LogP contribution in [-0.2, 0) is 21.4 Å². The van der Waals surface area contributed by atoms with Gasteiger partial charge in [-0.2, -0.15) is 0 Å². The van der Waals surface area contributed by atoms with E-state index in [0.717, 1.165) is 27.6 Å². The van der Waals surface area contributed by atoms with Gasteiger partial charge in [0.05, 0.1) is 11.9 Å². The van der Waals surface area contributed by atoms with E-state index in [1.54, 1.807) is 31.3 Å². The Hall–Kier alpha value is -2.84. The zero-order valence-corrected chi connectivity index (χ0v) is 18.5. The largest absolute Gasteiger partial charge is 0.350 e. The zero-order chi connectivity index (χ0) is 21.9. The number of anilines is 1. The van der Waals surface area contributed by atoms with Crippen molar-refractivity contribution in [3.63, 3.8) is 0 Å². The lowest BCUT2D eigenvalue weighted by atomic mass is 10.2. The van der Waals surface area contributed by atoms with Crippen molar-refractivity contribution in [2.45, 2.75) is 20.4 Å². The third kappa shape index (κ3) is 5.20. The molecule has 0 aliphatic carbocycles. The van der Waals surface area contributed by atoms with Crippen molar-refractivity contribution >= 4 is 33.2 Å². The van der Waals surface area contributed by atoms with Crippen LogP contribution in [0.1, 0.15) is 17.0 Å². The lowest BCUT2D eigenvalue weighted by Crippen LogP contribution is -2.40. The number of halogens is 1. The van der Waals surface area contributed by atoms with Crippen LogP contribution in [0.3, 0.4) is 0 Å². The van der Waals surface area contributed by atoms with Crippen LogP contribution in [0.2, 0.25) is 5.02 Å². The van der Waals surface area contributed by atoms with Crippen LogP contribution in [0, 0.1) is 13.8 Å². The molecule has 1 heterocycles. The molecule has 0 radical (unpaired) electrons. The van der Waals surface area contributed by atoms with Crippen molar-refractivity contribution < 1.29 is 13.2 Å². The van der Waals surface area contributed by atoms with Crippen molar-refractivity contribution in [1.29, 1.82) is 0 Å². The molecule has 0 aliphatic rings. The molecule has 158 valence electrons. The Morgan fingerprint density at radius 1 is 1.17 bits per heavy atom. The molecule has 0 saturated heterocycles. The molecular weight excluding hydrogens is 424 g/mol. The van der Waals surface area contributed by atoms with Gasteiger partial charge in [-0.15, -0.1) is 0 Å². The summed E-state index contributed by atoms with van der Waals surface area (Å²) in [5.74, 6) is 0.485. The van der Waals surface area contributed by atoms with Gasteiger partial charge < -0.3 is 9.88 Å². The molecule has 0 unspecified atom stereocenters. The lowest BCUT2D eigenvalue weighted by Gasteiger charge is -2.23. The van der Waals surface area contributed by atoms with Gasteiger partial charge in [0.15, 0.2) is 0 Å². The predicted molar refractivity (Wildman–Crippen MR) is 119 cm³/mol. The number of aryl methyl sites for hydroxylation is 2. The van der Waals surface area contributed by atoms with Crippen molar-refractivity contribution in [2.24, 2.45) is 0 Å². The van der Waals surface area contributed by atoms with E-state index in [4.69, 9.17) is 11.6 Å². The summed E-state index contributed by atoms with van der Waals surface area (Å²) in [6.45, 7) is 3.65. The second kappa shape index (κ2) is 8.89. The first-order valence-corrected chi connectivity index (χ1v) is 11.5. The molecular formula is C21H23ClN4O3S. The van der Waals surface area contributed by atoms with Crippen LogP contribution >= 0.6 is 11.6 Å². The summed E-state index contributed by atoms with van der Waals surface area (Å²) in [5.41, 5.74) is 2.98. The quantitative estimate of drug-likeness (QED) is 0.603. The maximum Gasteiger partial charge on any atom is 0.241 e. The van der Waals surface area contributed by atoms with E-state index < -0.39 is 15.9 Å². The van der Waals surface area contributed by atoms with Crippen molar-refractivity contribution in [1.82, 2.24) is 14.9 Å². The highest BCUT2D eigenvalue weighted by atomic mass is 35.5. The summed E-state index contributed by atoms with van der Waals surface area (Å²) >= 11 is 5.96. The van der Waals surface area contributed by atoms with Crippen molar-refractivity contribution in [3.8, 4) is 5.69 Å². The van der Waals surface area contributed by atoms with Gasteiger partial charge in [-0.25, -0.2) is 13.4 Å². The SMILES string of the molecule is Cc1cc(Cl)ccc1N(CC(=O)NCc1ccc(-n2ccnc2C)cc1)S(C)(=O)=O. The Balaban J connectivity index is 1.67. The molecule has 1 amide bonds. The van der Waals surface area contributed by atoms with Gasteiger partial charge in [-0.1, -0.05) is 23.7 Å². The third-order valence-electron chi connectivity index (χ3n) is 4.65. The number of benzene rings is 2. The van der Waals surface area contributed by atoms with Gasteiger partial charge in [-0.05, 0) is 55.3 Å². The fraction of sp³-hybridized carbons (Fsp3) is 0.238. The fourth-order valence-corrected chi connectivity index (χ4v) is 4.23. The molecule has 0 aliphatic heterocycles. The van der Waals surface area contributed by atoms with Crippen LogP contribution in [0.4, 0.5) is 5.69 Å². The summed E-state index contributed by atoms with van der Waals surface area (Å²) in [6.07, 6.45) is 4.69. The number of hydrogen-bond donors (Lipinski definition) is 1. The number of carbonyl (C=O) groups is 1. The number of sulfonamides is 1. The van der Waals surface area contributed by atoms with Gasteiger partial charge >= 0.3 is 0 Å². The minimum absolute atomic E-state index is 0.291. The van der Waals surface area contributed by atoms with E-state index in [9.17, 15) is 13.2 Å². The zero-order valence-electron chi connectivity index (χ0n) is 17.0. The third-order valence-corrected chi connectivity index (χ3v) is 6.01. The molecule has 1 aromatic heterocycles. The Kier molecular flexibility index (Phi) is 6.48. The minimum atomic E-state index is -3.65. The Morgan fingerprint density at radius 2 is 1.87 bits per heavy atom. The van der Waals surface area contributed by atoms with Crippen LogP contribution < -0.4 is 9.62 Å². The molecule has 30 heavy (non-hydrogen) atoms. The van der Waals surface area contributed by atoms with Crippen LogP contribution in [-0.4, -0.2) is 36.7 Å². The van der Waals surface area contributed by atoms with Crippen molar-refractivity contribution in [2.75, 3.05) is 17.1 Å². The van der Waals surface area contributed by atoms with E-state index in [2.05, 4.69) is 10.3 Å². The van der Waals surface area contributed by atoms with Gasteiger partial charge in [0.1, 0.15) is 12.4 Å². The first-order valence-electron chi connectivity index (χ1n) is 9.25. The molecule has 7 nitrogen and oxygen atoms in total. The number of hydrogen-bond acceptors (Lipinski definition) is 4. The maximum atomic E-state index is 12.5. The van der Waals surface area contributed by atoms with E-state index in [1.165, 1.54) is 0 Å². The summed E-state index contributed by atoms with van der Waals surface area (Å²) in [4.78, 5) is 16.7. The molecule has 0 atom stereocenters. The Labute approximate surface area is 181 Å². The number of rotatable bonds is 7. The fourth-order valence-electron chi connectivity index (χ4n) is 3.09. The molecule has 0 spiro atoms. The number of amides is 1. The Morgan fingerprint density at radius 3 is 2.43 bits per heavy atom. The predicted octanol–water partition coefficient (Wildman–Crippen LogP) is 3.22. The van der Waals surface area contributed by atoms with Gasteiger partial charge in [0.2, 0.25) is 15.9 Å². The number of aromatic nitrogens is 2. The molecule has 0 saturated carbocycles. The van der Waals surface area contributed by atoms with Gasteiger partial charge in [-0.3, -0.25) is 9.10 Å². The normalized spacial score (nSPS) is 11.3. The van der Waals surface area contributed by atoms with E-state index in [1.807, 2.05) is 42.0 Å². The molecule has 3 rings (SSSR count). The van der Waals surface area contributed by atoms with E-state index in [-0.39, 0.29) is 6.54 Å². The van der Waals surface area contributed by atoms with Crippen LogP contribution in [0.5, 0.6) is 0 Å². The van der Waals surface area contributed by atoms with E-state index in [0.29, 0.717) is 22.8 Å². The van der Waals surface area contributed by atoms with Gasteiger partial charge in [0, 0.05) is 29.6 Å². The first-order chi connectivity index (χ1) is 14.1. The highest BCUT2D eigenvalue weighted by Crippen LogP contribution is 2.25. The number of nitrogens with one attached hydrogen (secondary N) is 1. The topological polar surface area (TPSA) is 84.3 Å². The number of carbonyl (C=O) groups excluding carboxylic acids is 1. The molecule has 2 aromatic carbocycles.